The Balaban J connectivity index is 1.07. The van der Waals surface area contributed by atoms with E-state index >= 15 is 0 Å². The Bertz CT molecular complexity index is 1220. The van der Waals surface area contributed by atoms with Crippen molar-refractivity contribution in [3.63, 3.8) is 0 Å². The van der Waals surface area contributed by atoms with Crippen LogP contribution in [0.15, 0.2) is 46.9 Å². The number of benzene rings is 2. The van der Waals surface area contributed by atoms with E-state index in [9.17, 15) is 9.59 Å². The Kier molecular flexibility index (Phi) is 6.54. The Morgan fingerprint density at radius 3 is 2.65 bits per heavy atom. The molecule has 0 aliphatic carbocycles. The van der Waals surface area contributed by atoms with Crippen molar-refractivity contribution in [3.8, 4) is 5.75 Å². The SMILES string of the molecule is O=C(NN1CCC(C(=O)NCC2CNc3cc(Cl)ccc3O2)CC1)c1cc2cc(Cl)ccc2o1. The molecule has 2 aliphatic heterocycles. The lowest BCUT2D eigenvalue weighted by atomic mass is 9.96. The number of furan rings is 1. The number of ether oxygens (including phenoxy) is 1. The van der Waals surface area contributed by atoms with E-state index in [2.05, 4.69) is 16.1 Å². The van der Waals surface area contributed by atoms with Gasteiger partial charge in [-0.25, -0.2) is 5.01 Å². The van der Waals surface area contributed by atoms with E-state index in [1.54, 1.807) is 30.3 Å². The molecule has 1 fully saturated rings. The summed E-state index contributed by atoms with van der Waals surface area (Å²) in [6.07, 6.45) is 1.13. The van der Waals surface area contributed by atoms with E-state index in [0.717, 1.165) is 16.8 Å². The third kappa shape index (κ3) is 5.09. The molecule has 34 heavy (non-hydrogen) atoms. The third-order valence-electron chi connectivity index (χ3n) is 6.09. The molecular weight excluding hydrogens is 479 g/mol. The monoisotopic (exact) mass is 502 g/mol. The molecule has 1 atom stereocenters. The number of amides is 2. The molecule has 0 spiro atoms. The van der Waals surface area contributed by atoms with Crippen molar-refractivity contribution in [3.05, 3.63) is 58.3 Å². The number of nitrogens with one attached hydrogen (secondary N) is 3. The summed E-state index contributed by atoms with van der Waals surface area (Å²) in [5, 5.41) is 10.1. The molecule has 2 amide bonds. The van der Waals surface area contributed by atoms with Gasteiger partial charge in [-0.3, -0.25) is 15.0 Å². The third-order valence-corrected chi connectivity index (χ3v) is 6.56. The van der Waals surface area contributed by atoms with Gasteiger partial charge in [0.2, 0.25) is 5.91 Å². The fourth-order valence-corrected chi connectivity index (χ4v) is 4.59. The Hall–Kier alpha value is -2.94. The minimum atomic E-state index is -0.321. The zero-order valence-corrected chi connectivity index (χ0v) is 19.8. The molecule has 8 nitrogen and oxygen atoms in total. The number of hydrazine groups is 1. The highest BCUT2D eigenvalue weighted by molar-refractivity contribution is 6.31. The summed E-state index contributed by atoms with van der Waals surface area (Å²) in [5.74, 6) is 0.530. The van der Waals surface area contributed by atoms with Crippen LogP contribution >= 0.6 is 23.2 Å². The summed E-state index contributed by atoms with van der Waals surface area (Å²) in [6.45, 7) is 2.16. The van der Waals surface area contributed by atoms with Crippen LogP contribution in [0.5, 0.6) is 5.75 Å². The van der Waals surface area contributed by atoms with Crippen LogP contribution in [0, 0.1) is 5.92 Å². The predicted octanol–water partition coefficient (Wildman–Crippen LogP) is 4.09. The highest BCUT2D eigenvalue weighted by Crippen LogP contribution is 2.31. The number of piperidine rings is 1. The van der Waals surface area contributed by atoms with Crippen molar-refractivity contribution < 1.29 is 18.7 Å². The first kappa shape index (κ1) is 22.8. The second kappa shape index (κ2) is 9.74. The molecule has 5 rings (SSSR count). The molecule has 0 bridgehead atoms. The first-order valence-electron chi connectivity index (χ1n) is 11.2. The maximum Gasteiger partial charge on any atom is 0.301 e. The number of carbonyl (C=O) groups is 2. The number of hydrogen-bond donors (Lipinski definition) is 3. The van der Waals surface area contributed by atoms with Crippen molar-refractivity contribution >= 4 is 51.7 Å². The number of hydrogen-bond acceptors (Lipinski definition) is 6. The van der Waals surface area contributed by atoms with Gasteiger partial charge in [-0.1, -0.05) is 23.2 Å². The maximum atomic E-state index is 12.7. The first-order chi connectivity index (χ1) is 16.4. The standard InChI is InChI=1S/C24H24Cl2N4O4/c25-16-1-3-20-15(9-16)10-22(34-20)24(32)29-30-7-5-14(6-8-30)23(31)28-13-18-12-27-19-11-17(26)2-4-21(19)33-18/h1-4,9-11,14,18,27H,5-8,12-13H2,(H,28,31)(H,29,32). The molecule has 0 radical (unpaired) electrons. The van der Waals surface area contributed by atoms with Gasteiger partial charge in [-0.05, 0) is 55.3 Å². The molecule has 3 aromatic rings. The lowest BCUT2D eigenvalue weighted by Crippen LogP contribution is -2.49. The van der Waals surface area contributed by atoms with Crippen LogP contribution in [0.25, 0.3) is 11.0 Å². The second-order valence-corrected chi connectivity index (χ2v) is 9.37. The molecule has 3 heterocycles. The lowest BCUT2D eigenvalue weighted by Gasteiger charge is -2.32. The summed E-state index contributed by atoms with van der Waals surface area (Å²) in [6, 6.07) is 12.3. The Morgan fingerprint density at radius 2 is 1.82 bits per heavy atom. The van der Waals surface area contributed by atoms with Crippen LogP contribution in [0.4, 0.5) is 5.69 Å². The minimum Gasteiger partial charge on any atom is -0.485 e. The van der Waals surface area contributed by atoms with Gasteiger partial charge in [-0.2, -0.15) is 0 Å². The molecule has 1 aromatic heterocycles. The zero-order chi connectivity index (χ0) is 23.7. The van der Waals surface area contributed by atoms with Crippen molar-refractivity contribution in [1.29, 1.82) is 0 Å². The summed E-state index contributed by atoms with van der Waals surface area (Å²) < 4.78 is 11.6. The van der Waals surface area contributed by atoms with Crippen LogP contribution in [-0.2, 0) is 4.79 Å². The molecule has 2 aromatic carbocycles. The molecule has 0 saturated carbocycles. The second-order valence-electron chi connectivity index (χ2n) is 8.50. The van der Waals surface area contributed by atoms with Gasteiger partial charge in [-0.15, -0.1) is 0 Å². The topological polar surface area (TPSA) is 95.8 Å². The predicted molar refractivity (Wildman–Crippen MR) is 130 cm³/mol. The molecule has 178 valence electrons. The summed E-state index contributed by atoms with van der Waals surface area (Å²) >= 11 is 12.0. The molecule has 10 heteroatoms. The highest BCUT2D eigenvalue weighted by atomic mass is 35.5. The highest BCUT2D eigenvalue weighted by Gasteiger charge is 2.28. The van der Waals surface area contributed by atoms with Gasteiger partial charge in [0.1, 0.15) is 17.4 Å². The van der Waals surface area contributed by atoms with Crippen LogP contribution in [-0.4, -0.2) is 49.1 Å². The van der Waals surface area contributed by atoms with E-state index < -0.39 is 0 Å². The van der Waals surface area contributed by atoms with Crippen molar-refractivity contribution in [2.24, 2.45) is 5.92 Å². The fraction of sp³-hybridized carbons (Fsp3) is 0.333. The summed E-state index contributed by atoms with van der Waals surface area (Å²) in [4.78, 5) is 25.3. The van der Waals surface area contributed by atoms with Gasteiger partial charge < -0.3 is 19.8 Å². The summed E-state index contributed by atoms with van der Waals surface area (Å²) in [7, 11) is 0. The van der Waals surface area contributed by atoms with Crippen LogP contribution in [0.3, 0.4) is 0 Å². The molecular formula is C24H24Cl2N4O4. The van der Waals surface area contributed by atoms with Crippen LogP contribution in [0.1, 0.15) is 23.4 Å². The molecule has 1 unspecified atom stereocenters. The molecule has 3 N–H and O–H groups in total. The number of nitrogens with zero attached hydrogens (tertiary/aromatic N) is 1. The largest absolute Gasteiger partial charge is 0.485 e. The normalized spacial score (nSPS) is 18.6. The molecule has 1 saturated heterocycles. The van der Waals surface area contributed by atoms with Gasteiger partial charge in [0.25, 0.3) is 0 Å². The lowest BCUT2D eigenvalue weighted by molar-refractivity contribution is -0.126. The van der Waals surface area contributed by atoms with E-state index in [-0.39, 0.29) is 29.6 Å². The number of fused-ring (bicyclic) bond motifs is 2. The van der Waals surface area contributed by atoms with E-state index in [4.69, 9.17) is 32.4 Å². The van der Waals surface area contributed by atoms with Crippen LogP contribution in [0.2, 0.25) is 10.0 Å². The number of halogens is 2. The average Bonchev–Trinajstić information content (AvgIpc) is 3.26. The smallest absolute Gasteiger partial charge is 0.301 e. The van der Waals surface area contributed by atoms with Gasteiger partial charge in [0, 0.05) is 34.4 Å². The quantitative estimate of drug-likeness (QED) is 0.486. The van der Waals surface area contributed by atoms with Crippen LogP contribution < -0.4 is 20.8 Å². The summed E-state index contributed by atoms with van der Waals surface area (Å²) in [5.41, 5.74) is 4.33. The number of rotatable bonds is 5. The number of anilines is 1. The maximum absolute atomic E-state index is 12.7. The van der Waals surface area contributed by atoms with E-state index in [0.29, 0.717) is 54.6 Å². The number of carbonyl (C=O) groups excluding carboxylic acids is 2. The Morgan fingerprint density at radius 1 is 1.06 bits per heavy atom. The molecule has 2 aliphatic rings. The minimum absolute atomic E-state index is 0.00522. The first-order valence-corrected chi connectivity index (χ1v) is 11.9. The van der Waals surface area contributed by atoms with E-state index in [1.165, 1.54) is 0 Å². The van der Waals surface area contributed by atoms with Crippen molar-refractivity contribution in [1.82, 2.24) is 15.8 Å². The van der Waals surface area contributed by atoms with Gasteiger partial charge in [0.05, 0.1) is 18.8 Å². The van der Waals surface area contributed by atoms with Crippen molar-refractivity contribution in [2.45, 2.75) is 18.9 Å². The van der Waals surface area contributed by atoms with Gasteiger partial charge in [0.15, 0.2) is 5.76 Å². The Labute approximate surface area is 206 Å². The fourth-order valence-electron chi connectivity index (χ4n) is 4.24. The van der Waals surface area contributed by atoms with E-state index in [1.807, 2.05) is 17.1 Å². The zero-order valence-electron chi connectivity index (χ0n) is 18.3. The van der Waals surface area contributed by atoms with Crippen molar-refractivity contribution in [2.75, 3.05) is 31.5 Å². The average molecular weight is 503 g/mol. The van der Waals surface area contributed by atoms with Gasteiger partial charge >= 0.3 is 5.91 Å².